The standard InChI is InChI=1S/C27H31N5O5/c1-17(19-8-9-22(32-12-4-11-29-32)23(13-19)37-16-18-6-7-18)30-26(35)27(2,36)24(33)25(34)31-14-20-5-3-10-28-21(20)15-31/h3-5,8-13,17-18,24,33,36H,6-7,14-16H2,1-2H3,(H,30,35)/t17-,24+,27-/m1/s1. The van der Waals surface area contributed by atoms with Gasteiger partial charge in [-0.05, 0) is 68.0 Å². The van der Waals surface area contributed by atoms with Gasteiger partial charge >= 0.3 is 0 Å². The molecular weight excluding hydrogens is 474 g/mol. The van der Waals surface area contributed by atoms with Gasteiger partial charge in [0.05, 0.1) is 24.9 Å². The van der Waals surface area contributed by atoms with Crippen LogP contribution in [-0.4, -0.2) is 60.0 Å². The van der Waals surface area contributed by atoms with Crippen LogP contribution in [0, 0.1) is 5.92 Å². The summed E-state index contributed by atoms with van der Waals surface area (Å²) < 4.78 is 7.80. The molecule has 0 bridgehead atoms. The van der Waals surface area contributed by atoms with Crippen LogP contribution in [0.3, 0.4) is 0 Å². The molecule has 1 aromatic carbocycles. The van der Waals surface area contributed by atoms with Gasteiger partial charge in [0.25, 0.3) is 11.8 Å². The second kappa shape index (κ2) is 9.95. The fraction of sp³-hybridized carbons (Fsp3) is 0.407. The monoisotopic (exact) mass is 505 g/mol. The summed E-state index contributed by atoms with van der Waals surface area (Å²) in [4.78, 5) is 31.6. The number of nitrogens with one attached hydrogen (secondary N) is 1. The molecule has 10 nitrogen and oxygen atoms in total. The van der Waals surface area contributed by atoms with E-state index in [1.165, 1.54) is 4.90 Å². The van der Waals surface area contributed by atoms with Crippen molar-refractivity contribution in [2.45, 2.75) is 57.5 Å². The Balaban J connectivity index is 1.27. The predicted octanol–water partition coefficient (Wildman–Crippen LogP) is 1.89. The SMILES string of the molecule is C[C@@H](NC(=O)[C@](C)(O)[C@@H](O)C(=O)N1Cc2cccnc2C1)c1ccc(-n2cccn2)c(OCC2CC2)c1. The van der Waals surface area contributed by atoms with Gasteiger partial charge in [0.15, 0.2) is 11.7 Å². The van der Waals surface area contributed by atoms with Gasteiger partial charge in [-0.25, -0.2) is 4.68 Å². The minimum Gasteiger partial charge on any atom is -0.491 e. The fourth-order valence-corrected chi connectivity index (χ4v) is 4.33. The number of nitrogens with zero attached hydrogens (tertiary/aromatic N) is 4. The molecule has 1 aliphatic carbocycles. The Labute approximate surface area is 214 Å². The molecule has 3 N–H and O–H groups in total. The van der Waals surface area contributed by atoms with Gasteiger partial charge in [0, 0.05) is 25.1 Å². The van der Waals surface area contributed by atoms with E-state index >= 15 is 0 Å². The lowest BCUT2D eigenvalue weighted by atomic mass is 9.95. The highest BCUT2D eigenvalue weighted by Gasteiger charge is 2.45. The molecule has 2 aromatic heterocycles. The molecule has 2 amide bonds. The molecule has 0 radical (unpaired) electrons. The van der Waals surface area contributed by atoms with Gasteiger partial charge in [0.2, 0.25) is 0 Å². The topological polar surface area (TPSA) is 130 Å². The number of pyridine rings is 1. The van der Waals surface area contributed by atoms with Gasteiger partial charge in [0.1, 0.15) is 11.4 Å². The molecule has 1 aliphatic heterocycles. The fourth-order valence-electron chi connectivity index (χ4n) is 4.33. The quantitative estimate of drug-likeness (QED) is 0.405. The zero-order chi connectivity index (χ0) is 26.2. The van der Waals surface area contributed by atoms with E-state index < -0.39 is 29.6 Å². The number of aliphatic hydroxyl groups is 2. The lowest BCUT2D eigenvalue weighted by Crippen LogP contribution is -2.58. The number of rotatable bonds is 9. The van der Waals surface area contributed by atoms with Gasteiger partial charge in [-0.2, -0.15) is 5.10 Å². The van der Waals surface area contributed by atoms with E-state index in [2.05, 4.69) is 15.4 Å². The second-order valence-electron chi connectivity index (χ2n) is 9.98. The van der Waals surface area contributed by atoms with Gasteiger partial charge in [-0.1, -0.05) is 12.1 Å². The average molecular weight is 506 g/mol. The van der Waals surface area contributed by atoms with Crippen molar-refractivity contribution in [1.29, 1.82) is 0 Å². The Hall–Kier alpha value is -3.76. The molecule has 5 rings (SSSR count). The molecule has 37 heavy (non-hydrogen) atoms. The normalized spacial score (nSPS) is 18.0. The zero-order valence-electron chi connectivity index (χ0n) is 20.9. The number of carbonyl (C=O) groups excluding carboxylic acids is 2. The lowest BCUT2D eigenvalue weighted by Gasteiger charge is -2.31. The van der Waals surface area contributed by atoms with Crippen LogP contribution in [0.4, 0.5) is 0 Å². The van der Waals surface area contributed by atoms with E-state index in [-0.39, 0.29) is 13.1 Å². The van der Waals surface area contributed by atoms with Crippen LogP contribution < -0.4 is 10.1 Å². The third kappa shape index (κ3) is 5.21. The summed E-state index contributed by atoms with van der Waals surface area (Å²) in [7, 11) is 0. The first-order valence-corrected chi connectivity index (χ1v) is 12.4. The Kier molecular flexibility index (Phi) is 6.70. The predicted molar refractivity (Wildman–Crippen MR) is 133 cm³/mol. The maximum absolute atomic E-state index is 13.0. The van der Waals surface area contributed by atoms with Gasteiger partial charge in [-0.15, -0.1) is 0 Å². The molecule has 10 heteroatoms. The number of hydrogen-bond acceptors (Lipinski definition) is 7. The van der Waals surface area contributed by atoms with Crippen molar-refractivity contribution < 1.29 is 24.5 Å². The number of ether oxygens (including phenoxy) is 1. The van der Waals surface area contributed by atoms with Crippen LogP contribution >= 0.6 is 0 Å². The summed E-state index contributed by atoms with van der Waals surface area (Å²) in [5.41, 5.74) is 0.793. The maximum Gasteiger partial charge on any atom is 0.255 e. The van der Waals surface area contributed by atoms with E-state index in [4.69, 9.17) is 4.74 Å². The molecule has 0 saturated heterocycles. The molecule has 1 saturated carbocycles. The molecule has 0 unspecified atom stereocenters. The van der Waals surface area contributed by atoms with Crippen molar-refractivity contribution in [2.75, 3.05) is 6.61 Å². The number of benzene rings is 1. The van der Waals surface area contributed by atoms with E-state index in [1.54, 1.807) is 30.1 Å². The van der Waals surface area contributed by atoms with Crippen LogP contribution in [0.25, 0.3) is 5.69 Å². The summed E-state index contributed by atoms with van der Waals surface area (Å²) in [5.74, 6) is -0.393. The van der Waals surface area contributed by atoms with Crippen LogP contribution in [0.2, 0.25) is 0 Å². The summed E-state index contributed by atoms with van der Waals surface area (Å²) in [5, 5.41) is 28.6. The summed E-state index contributed by atoms with van der Waals surface area (Å²) >= 11 is 0. The van der Waals surface area contributed by atoms with E-state index in [0.29, 0.717) is 18.3 Å². The highest BCUT2D eigenvalue weighted by atomic mass is 16.5. The molecule has 3 aromatic rings. The van der Waals surface area contributed by atoms with Crippen molar-refractivity contribution in [3.8, 4) is 11.4 Å². The van der Waals surface area contributed by atoms with Crippen LogP contribution in [0.1, 0.15) is 49.6 Å². The minimum absolute atomic E-state index is 0.215. The number of fused-ring (bicyclic) bond motifs is 1. The molecule has 0 spiro atoms. The number of carbonyl (C=O) groups is 2. The number of aromatic nitrogens is 3. The maximum atomic E-state index is 13.0. The van der Waals surface area contributed by atoms with Crippen molar-refractivity contribution in [2.24, 2.45) is 5.92 Å². The molecule has 194 valence electrons. The largest absolute Gasteiger partial charge is 0.491 e. The van der Waals surface area contributed by atoms with Crippen LogP contribution in [0.5, 0.6) is 5.75 Å². The third-order valence-corrected chi connectivity index (χ3v) is 6.98. The Morgan fingerprint density at radius 2 is 2.03 bits per heavy atom. The van der Waals surface area contributed by atoms with Crippen molar-refractivity contribution >= 4 is 11.8 Å². The Bertz CT molecular complexity index is 1260. The first-order chi connectivity index (χ1) is 17.7. The molecule has 1 fully saturated rings. The smallest absolute Gasteiger partial charge is 0.255 e. The highest BCUT2D eigenvalue weighted by Crippen LogP contribution is 2.33. The Morgan fingerprint density at radius 3 is 2.73 bits per heavy atom. The molecular formula is C27H31N5O5. The van der Waals surface area contributed by atoms with Gasteiger partial charge in [-0.3, -0.25) is 14.6 Å². The Morgan fingerprint density at radius 1 is 1.22 bits per heavy atom. The van der Waals surface area contributed by atoms with Crippen molar-refractivity contribution in [1.82, 2.24) is 25.0 Å². The van der Waals surface area contributed by atoms with Gasteiger partial charge < -0.3 is 25.2 Å². The van der Waals surface area contributed by atoms with E-state index in [0.717, 1.165) is 42.3 Å². The van der Waals surface area contributed by atoms with Crippen LogP contribution in [0.15, 0.2) is 55.0 Å². The van der Waals surface area contributed by atoms with E-state index in [1.807, 2.05) is 36.5 Å². The summed E-state index contributed by atoms with van der Waals surface area (Å²) in [6.45, 7) is 3.99. The van der Waals surface area contributed by atoms with Crippen molar-refractivity contribution in [3.63, 3.8) is 0 Å². The highest BCUT2D eigenvalue weighted by molar-refractivity contribution is 5.94. The molecule has 3 atom stereocenters. The third-order valence-electron chi connectivity index (χ3n) is 6.98. The number of hydrogen-bond donors (Lipinski definition) is 3. The zero-order valence-corrected chi connectivity index (χ0v) is 20.9. The first-order valence-electron chi connectivity index (χ1n) is 12.4. The molecule has 3 heterocycles. The summed E-state index contributed by atoms with van der Waals surface area (Å²) in [6, 6.07) is 10.5. The van der Waals surface area contributed by atoms with E-state index in [9.17, 15) is 19.8 Å². The number of amides is 2. The lowest BCUT2D eigenvalue weighted by molar-refractivity contribution is -0.166. The summed E-state index contributed by atoms with van der Waals surface area (Å²) in [6.07, 6.45) is 5.52. The first kappa shape index (κ1) is 24.9. The molecule has 2 aliphatic rings. The van der Waals surface area contributed by atoms with Crippen molar-refractivity contribution in [3.05, 3.63) is 71.8 Å². The minimum atomic E-state index is -2.34. The number of aliphatic hydroxyl groups excluding tert-OH is 1. The average Bonchev–Trinajstić information content (AvgIpc) is 3.37. The van der Waals surface area contributed by atoms with Crippen LogP contribution in [-0.2, 0) is 22.7 Å². The second-order valence-corrected chi connectivity index (χ2v) is 9.98.